The van der Waals surface area contributed by atoms with Gasteiger partial charge in [-0.2, -0.15) is 0 Å². The fourth-order valence-electron chi connectivity index (χ4n) is 4.92. The van der Waals surface area contributed by atoms with Gasteiger partial charge in [-0.15, -0.1) is 0 Å². The molecule has 3 aliphatic rings. The van der Waals surface area contributed by atoms with Gasteiger partial charge in [-0.1, -0.05) is 30.4 Å². The number of methoxy groups -OCH3 is 1. The molecule has 168 valence electrons. The molecule has 6 nitrogen and oxygen atoms in total. The lowest BCUT2D eigenvalue weighted by atomic mass is 10.1. The zero-order valence-corrected chi connectivity index (χ0v) is 18.7. The van der Waals surface area contributed by atoms with Gasteiger partial charge in [0.1, 0.15) is 5.75 Å². The molecule has 0 aliphatic carbocycles. The summed E-state index contributed by atoms with van der Waals surface area (Å²) in [5.74, 6) is 1.32. The molecule has 6 heteroatoms. The van der Waals surface area contributed by atoms with E-state index >= 15 is 0 Å². The van der Waals surface area contributed by atoms with E-state index in [-0.39, 0.29) is 5.91 Å². The smallest absolute Gasteiger partial charge is 0.257 e. The number of hydrogen-bond donors (Lipinski definition) is 0. The van der Waals surface area contributed by atoms with Gasteiger partial charge >= 0.3 is 0 Å². The summed E-state index contributed by atoms with van der Waals surface area (Å²) >= 11 is 0. The molecule has 0 spiro atoms. The van der Waals surface area contributed by atoms with Gasteiger partial charge in [-0.05, 0) is 36.1 Å². The fraction of sp³-hybridized carbons (Fsp3) is 0.423. The number of ether oxygens (including phenoxy) is 2. The van der Waals surface area contributed by atoms with Gasteiger partial charge in [0.25, 0.3) is 5.91 Å². The van der Waals surface area contributed by atoms with E-state index in [0.717, 1.165) is 64.6 Å². The normalized spacial score (nSPS) is 21.0. The Morgan fingerprint density at radius 2 is 1.97 bits per heavy atom. The van der Waals surface area contributed by atoms with Crippen LogP contribution < -0.4 is 9.64 Å². The Morgan fingerprint density at radius 3 is 2.75 bits per heavy atom. The minimum absolute atomic E-state index is 0.0520. The highest BCUT2D eigenvalue weighted by atomic mass is 16.5. The summed E-state index contributed by atoms with van der Waals surface area (Å²) in [6.07, 6.45) is 5.46. The lowest BCUT2D eigenvalue weighted by Crippen LogP contribution is -2.49. The second kappa shape index (κ2) is 9.35. The van der Waals surface area contributed by atoms with Gasteiger partial charge in [0.15, 0.2) is 0 Å². The minimum atomic E-state index is 0.0520. The van der Waals surface area contributed by atoms with Crippen molar-refractivity contribution in [3.8, 4) is 5.75 Å². The van der Waals surface area contributed by atoms with E-state index in [1.54, 1.807) is 7.11 Å². The fourth-order valence-corrected chi connectivity index (χ4v) is 4.92. The number of rotatable bonds is 5. The van der Waals surface area contributed by atoms with E-state index < -0.39 is 0 Å². The Morgan fingerprint density at radius 1 is 1.12 bits per heavy atom. The van der Waals surface area contributed by atoms with Gasteiger partial charge in [0.05, 0.1) is 19.3 Å². The van der Waals surface area contributed by atoms with Gasteiger partial charge in [-0.3, -0.25) is 9.69 Å². The maximum absolute atomic E-state index is 13.3. The van der Waals surface area contributed by atoms with Crippen molar-refractivity contribution in [3.05, 3.63) is 59.7 Å². The van der Waals surface area contributed by atoms with Crippen molar-refractivity contribution in [1.82, 2.24) is 9.80 Å². The largest absolute Gasteiger partial charge is 0.496 e. The molecule has 0 radical (unpaired) electrons. The van der Waals surface area contributed by atoms with Crippen molar-refractivity contribution < 1.29 is 14.3 Å². The quantitative estimate of drug-likeness (QED) is 0.720. The number of piperazine rings is 1. The summed E-state index contributed by atoms with van der Waals surface area (Å²) in [6.45, 7) is 6.97. The van der Waals surface area contributed by atoms with Crippen molar-refractivity contribution in [3.63, 3.8) is 0 Å². The van der Waals surface area contributed by atoms with Crippen molar-refractivity contribution in [2.45, 2.75) is 6.42 Å². The van der Waals surface area contributed by atoms with Crippen molar-refractivity contribution in [2.24, 2.45) is 5.92 Å². The number of fused-ring (bicyclic) bond motifs is 1. The Labute approximate surface area is 190 Å². The van der Waals surface area contributed by atoms with Crippen LogP contribution in [0.1, 0.15) is 22.3 Å². The van der Waals surface area contributed by atoms with Gasteiger partial charge in [0, 0.05) is 63.3 Å². The lowest BCUT2D eigenvalue weighted by Gasteiger charge is -2.36. The molecule has 0 bridgehead atoms. The van der Waals surface area contributed by atoms with E-state index in [0.29, 0.717) is 17.2 Å². The predicted octanol–water partition coefficient (Wildman–Crippen LogP) is 3.65. The first-order valence-corrected chi connectivity index (χ1v) is 11.5. The third-order valence-corrected chi connectivity index (χ3v) is 6.74. The number of benzene rings is 2. The lowest BCUT2D eigenvalue weighted by molar-refractivity contribution is 0.0608. The maximum Gasteiger partial charge on any atom is 0.257 e. The second-order valence-electron chi connectivity index (χ2n) is 8.78. The first-order valence-electron chi connectivity index (χ1n) is 11.5. The summed E-state index contributed by atoms with van der Waals surface area (Å²) in [5.41, 5.74) is 4.02. The highest BCUT2D eigenvalue weighted by molar-refractivity contribution is 5.98. The molecule has 2 aromatic carbocycles. The molecule has 0 saturated carbocycles. The van der Waals surface area contributed by atoms with Crippen LogP contribution in [0.3, 0.4) is 0 Å². The monoisotopic (exact) mass is 433 g/mol. The predicted molar refractivity (Wildman–Crippen MR) is 127 cm³/mol. The molecular weight excluding hydrogens is 402 g/mol. The first kappa shape index (κ1) is 21.0. The van der Waals surface area contributed by atoms with Crippen LogP contribution in [-0.2, 0) is 4.74 Å². The molecule has 1 atom stereocenters. The zero-order chi connectivity index (χ0) is 21.9. The molecule has 32 heavy (non-hydrogen) atoms. The van der Waals surface area contributed by atoms with Crippen molar-refractivity contribution in [2.75, 3.05) is 64.5 Å². The number of carbonyl (C=O) groups excluding carboxylic acids is 1. The van der Waals surface area contributed by atoms with Crippen LogP contribution in [0.25, 0.3) is 6.08 Å². The van der Waals surface area contributed by atoms with E-state index in [4.69, 9.17) is 9.47 Å². The Balaban J connectivity index is 1.28. The van der Waals surface area contributed by atoms with Crippen LogP contribution in [0.4, 0.5) is 11.4 Å². The van der Waals surface area contributed by atoms with Crippen LogP contribution in [-0.4, -0.2) is 75.3 Å². The van der Waals surface area contributed by atoms with Crippen LogP contribution >= 0.6 is 0 Å². The SMILES string of the molecule is COc1cc(N2CC=Cc3ccccc32)ccc1C(=O)N1CCN(CC2CCOC2)CC1. The number of para-hydroxylation sites is 1. The van der Waals surface area contributed by atoms with Crippen LogP contribution in [0.15, 0.2) is 48.5 Å². The van der Waals surface area contributed by atoms with Gasteiger partial charge in [-0.25, -0.2) is 0 Å². The molecule has 3 aliphatic heterocycles. The van der Waals surface area contributed by atoms with Crippen molar-refractivity contribution in [1.29, 1.82) is 0 Å². The third kappa shape index (κ3) is 4.25. The topological polar surface area (TPSA) is 45.2 Å². The Bertz CT molecular complexity index is 992. The summed E-state index contributed by atoms with van der Waals surface area (Å²) in [4.78, 5) is 20.0. The zero-order valence-electron chi connectivity index (χ0n) is 18.7. The molecule has 0 aromatic heterocycles. The molecule has 2 aromatic rings. The summed E-state index contributed by atoms with van der Waals surface area (Å²) in [5, 5.41) is 0. The molecule has 1 unspecified atom stereocenters. The van der Waals surface area contributed by atoms with Crippen LogP contribution in [0.2, 0.25) is 0 Å². The molecule has 3 heterocycles. The standard InChI is InChI=1S/C26H31N3O3/c1-31-25-17-22(29-11-4-6-21-5-2-3-7-24(21)29)8-9-23(25)26(30)28-14-12-27(13-15-28)18-20-10-16-32-19-20/h2-9,17,20H,10-16,18-19H2,1H3. The second-order valence-corrected chi connectivity index (χ2v) is 8.78. The summed E-state index contributed by atoms with van der Waals surface area (Å²) < 4.78 is 11.2. The highest BCUT2D eigenvalue weighted by Crippen LogP contribution is 2.35. The van der Waals surface area contributed by atoms with E-state index in [2.05, 4.69) is 46.2 Å². The summed E-state index contributed by atoms with van der Waals surface area (Å²) in [6, 6.07) is 14.3. The van der Waals surface area contributed by atoms with Gasteiger partial charge < -0.3 is 19.3 Å². The molecule has 2 fully saturated rings. The molecule has 1 amide bonds. The Kier molecular flexibility index (Phi) is 6.14. The number of hydrogen-bond acceptors (Lipinski definition) is 5. The molecule has 0 N–H and O–H groups in total. The van der Waals surface area contributed by atoms with E-state index in [9.17, 15) is 4.79 Å². The van der Waals surface area contributed by atoms with Crippen LogP contribution in [0, 0.1) is 5.92 Å². The average Bonchev–Trinajstić information content (AvgIpc) is 3.36. The minimum Gasteiger partial charge on any atom is -0.496 e. The first-order chi connectivity index (χ1) is 15.7. The highest BCUT2D eigenvalue weighted by Gasteiger charge is 2.27. The Hall–Kier alpha value is -2.83. The molecular formula is C26H31N3O3. The third-order valence-electron chi connectivity index (χ3n) is 6.74. The number of carbonyl (C=O) groups is 1. The number of amides is 1. The molecule has 5 rings (SSSR count). The van der Waals surface area contributed by atoms with Crippen molar-refractivity contribution >= 4 is 23.4 Å². The average molecular weight is 434 g/mol. The van der Waals surface area contributed by atoms with Gasteiger partial charge in [0.2, 0.25) is 0 Å². The number of anilines is 2. The maximum atomic E-state index is 13.3. The van der Waals surface area contributed by atoms with Crippen LogP contribution in [0.5, 0.6) is 5.75 Å². The number of nitrogens with zero attached hydrogens (tertiary/aromatic N) is 3. The van der Waals surface area contributed by atoms with E-state index in [1.165, 1.54) is 11.3 Å². The summed E-state index contributed by atoms with van der Waals surface area (Å²) in [7, 11) is 1.64. The van der Waals surface area contributed by atoms with E-state index in [1.807, 2.05) is 23.1 Å². The molecule has 2 saturated heterocycles.